The number of fused-ring (bicyclic) bond motifs is 3. The Morgan fingerprint density at radius 1 is 0.935 bits per heavy atom. The van der Waals surface area contributed by atoms with Crippen LogP contribution in [0.3, 0.4) is 0 Å². The van der Waals surface area contributed by atoms with Crippen LogP contribution < -0.4 is 4.90 Å². The number of hydrogen-bond acceptors (Lipinski definition) is 3. The highest BCUT2D eigenvalue weighted by Crippen LogP contribution is 2.48. The summed E-state index contributed by atoms with van der Waals surface area (Å²) in [5.41, 5.74) is 3.05. The van der Waals surface area contributed by atoms with Crippen molar-refractivity contribution in [2.24, 2.45) is 0 Å². The van der Waals surface area contributed by atoms with E-state index in [1.807, 2.05) is 35.0 Å². The topological polar surface area (TPSA) is 31.6 Å². The van der Waals surface area contributed by atoms with Crippen molar-refractivity contribution in [1.29, 1.82) is 0 Å². The molecule has 162 valence electrons. The first-order valence-electron chi connectivity index (χ1n) is 11.0. The van der Waals surface area contributed by atoms with E-state index < -0.39 is 0 Å². The van der Waals surface area contributed by atoms with Gasteiger partial charge in [-0.15, -0.1) is 0 Å². The summed E-state index contributed by atoms with van der Waals surface area (Å²) in [6.07, 6.45) is 4.93. The fraction of sp³-hybridized carbons (Fsp3) is 0.360. The molecule has 5 rings (SSSR count). The standard InChI is InChI=1S/C25H27F2N3O/c26-18-5-8-20(9-6-18)30-23-10-7-19(27)16-21(23)22-17-28(15-11-24(22)30)12-1-2-13-29-14-3-4-25(29)31/h3-10,14,16,22,24,31H,1-2,11-13,15,17H2. The SMILES string of the molecule is Oc1cccn1CCCCN1CCC2C(C1)c1cc(F)ccc1N2c1ccc(F)cc1. The van der Waals surface area contributed by atoms with Gasteiger partial charge in [0.15, 0.2) is 5.88 Å². The highest BCUT2D eigenvalue weighted by Gasteiger charge is 2.42. The minimum Gasteiger partial charge on any atom is -0.494 e. The second-order valence-electron chi connectivity index (χ2n) is 8.58. The van der Waals surface area contributed by atoms with Gasteiger partial charge in [0.05, 0.1) is 0 Å². The molecule has 1 fully saturated rings. The van der Waals surface area contributed by atoms with Gasteiger partial charge in [0.25, 0.3) is 0 Å². The molecule has 31 heavy (non-hydrogen) atoms. The number of hydrogen-bond donors (Lipinski definition) is 1. The number of benzene rings is 2. The number of piperidine rings is 1. The molecule has 2 aromatic carbocycles. The van der Waals surface area contributed by atoms with E-state index in [0.29, 0.717) is 5.88 Å². The molecule has 2 aliphatic rings. The van der Waals surface area contributed by atoms with Crippen LogP contribution in [-0.2, 0) is 6.54 Å². The van der Waals surface area contributed by atoms with Gasteiger partial charge in [-0.25, -0.2) is 8.78 Å². The van der Waals surface area contributed by atoms with Crippen LogP contribution in [0.5, 0.6) is 5.88 Å². The van der Waals surface area contributed by atoms with Crippen LogP contribution >= 0.6 is 0 Å². The summed E-state index contributed by atoms with van der Waals surface area (Å²) < 4.78 is 29.5. The van der Waals surface area contributed by atoms with E-state index in [0.717, 1.165) is 62.4 Å². The molecular weight excluding hydrogens is 396 g/mol. The highest BCUT2D eigenvalue weighted by atomic mass is 19.1. The predicted molar refractivity (Wildman–Crippen MR) is 118 cm³/mol. The molecule has 2 atom stereocenters. The number of likely N-dealkylation sites (tertiary alicyclic amines) is 1. The average molecular weight is 424 g/mol. The number of aromatic nitrogens is 1. The van der Waals surface area contributed by atoms with Crippen LogP contribution in [0.2, 0.25) is 0 Å². The van der Waals surface area contributed by atoms with E-state index in [4.69, 9.17) is 0 Å². The third-order valence-corrected chi connectivity index (χ3v) is 6.67. The number of halogens is 2. The van der Waals surface area contributed by atoms with Crippen molar-refractivity contribution < 1.29 is 13.9 Å². The van der Waals surface area contributed by atoms with Crippen LogP contribution in [0.25, 0.3) is 0 Å². The summed E-state index contributed by atoms with van der Waals surface area (Å²) >= 11 is 0. The molecule has 6 heteroatoms. The van der Waals surface area contributed by atoms with Crippen molar-refractivity contribution in [2.45, 2.75) is 37.8 Å². The maximum Gasteiger partial charge on any atom is 0.190 e. The smallest absolute Gasteiger partial charge is 0.190 e. The van der Waals surface area contributed by atoms with Gasteiger partial charge in [-0.1, -0.05) is 0 Å². The number of nitrogens with zero attached hydrogens (tertiary/aromatic N) is 3. The molecule has 0 saturated carbocycles. The Kier molecular flexibility index (Phi) is 5.40. The maximum absolute atomic E-state index is 14.1. The van der Waals surface area contributed by atoms with Gasteiger partial charge < -0.3 is 19.5 Å². The van der Waals surface area contributed by atoms with Crippen LogP contribution in [0, 0.1) is 11.6 Å². The molecule has 4 nitrogen and oxygen atoms in total. The van der Waals surface area contributed by atoms with Gasteiger partial charge in [0.2, 0.25) is 0 Å². The van der Waals surface area contributed by atoms with Gasteiger partial charge in [0, 0.05) is 49.2 Å². The van der Waals surface area contributed by atoms with Gasteiger partial charge in [-0.3, -0.25) is 0 Å². The molecule has 2 unspecified atom stereocenters. The van der Waals surface area contributed by atoms with Crippen LogP contribution in [0.4, 0.5) is 20.2 Å². The molecule has 0 amide bonds. The fourth-order valence-corrected chi connectivity index (χ4v) is 5.19. The molecule has 1 aromatic heterocycles. The minimum absolute atomic E-state index is 0.206. The van der Waals surface area contributed by atoms with Gasteiger partial charge in [0.1, 0.15) is 11.6 Å². The zero-order valence-electron chi connectivity index (χ0n) is 17.4. The van der Waals surface area contributed by atoms with E-state index in [1.54, 1.807) is 12.1 Å². The number of anilines is 2. The lowest BCUT2D eigenvalue weighted by Crippen LogP contribution is -2.45. The quantitative estimate of drug-likeness (QED) is 0.549. The zero-order valence-corrected chi connectivity index (χ0v) is 17.4. The normalized spacial score (nSPS) is 20.6. The molecule has 2 aliphatic heterocycles. The monoisotopic (exact) mass is 423 g/mol. The lowest BCUT2D eigenvalue weighted by Gasteiger charge is -2.39. The van der Waals surface area contributed by atoms with E-state index in [9.17, 15) is 13.9 Å². The molecule has 0 bridgehead atoms. The van der Waals surface area contributed by atoms with Crippen molar-refractivity contribution in [1.82, 2.24) is 9.47 Å². The summed E-state index contributed by atoms with van der Waals surface area (Å²) in [4.78, 5) is 4.74. The highest BCUT2D eigenvalue weighted by molar-refractivity contribution is 5.73. The van der Waals surface area contributed by atoms with Crippen LogP contribution in [0.1, 0.15) is 30.7 Å². The first-order valence-corrected chi connectivity index (χ1v) is 11.0. The van der Waals surface area contributed by atoms with Gasteiger partial charge in [-0.05, 0) is 86.0 Å². The van der Waals surface area contributed by atoms with Crippen LogP contribution in [0.15, 0.2) is 60.8 Å². The zero-order chi connectivity index (χ0) is 21.4. The Bertz CT molecular complexity index is 1050. The largest absolute Gasteiger partial charge is 0.494 e. The molecule has 0 radical (unpaired) electrons. The van der Waals surface area contributed by atoms with Gasteiger partial charge in [-0.2, -0.15) is 0 Å². The van der Waals surface area contributed by atoms with E-state index in [2.05, 4.69) is 9.80 Å². The van der Waals surface area contributed by atoms with Gasteiger partial charge >= 0.3 is 0 Å². The molecule has 0 aliphatic carbocycles. The van der Waals surface area contributed by atoms with E-state index in [-0.39, 0.29) is 23.6 Å². The Balaban J connectivity index is 1.29. The second-order valence-corrected chi connectivity index (χ2v) is 8.58. The molecule has 3 heterocycles. The third-order valence-electron chi connectivity index (χ3n) is 6.67. The van der Waals surface area contributed by atoms with Crippen molar-refractivity contribution in [3.63, 3.8) is 0 Å². The Hall–Kier alpha value is -2.86. The number of aromatic hydroxyl groups is 1. The second kappa shape index (κ2) is 8.35. The molecular formula is C25H27F2N3O. The fourth-order valence-electron chi connectivity index (χ4n) is 5.19. The summed E-state index contributed by atoms with van der Waals surface area (Å²) in [5.74, 6) is 0.0910. The summed E-state index contributed by atoms with van der Waals surface area (Å²) in [5, 5.41) is 9.75. The molecule has 0 spiro atoms. The third kappa shape index (κ3) is 3.92. The number of aryl methyl sites for hydroxylation is 1. The first-order chi connectivity index (χ1) is 15.1. The lowest BCUT2D eigenvalue weighted by atomic mass is 9.89. The molecule has 3 aromatic rings. The predicted octanol–water partition coefficient (Wildman–Crippen LogP) is 5.26. The van der Waals surface area contributed by atoms with E-state index >= 15 is 0 Å². The first kappa shape index (κ1) is 20.1. The van der Waals surface area contributed by atoms with Crippen molar-refractivity contribution in [3.05, 3.63) is 78.0 Å². The number of unbranched alkanes of at least 4 members (excludes halogenated alkanes) is 1. The lowest BCUT2D eigenvalue weighted by molar-refractivity contribution is 0.192. The molecule has 1 N–H and O–H groups in total. The summed E-state index contributed by atoms with van der Waals surface area (Å²) in [6, 6.07) is 15.5. The van der Waals surface area contributed by atoms with E-state index in [1.165, 1.54) is 18.2 Å². The molecule has 1 saturated heterocycles. The summed E-state index contributed by atoms with van der Waals surface area (Å²) in [6.45, 7) is 3.69. The maximum atomic E-state index is 14.1. The van der Waals surface area contributed by atoms with Crippen LogP contribution in [-0.4, -0.2) is 40.2 Å². The van der Waals surface area contributed by atoms with Crippen molar-refractivity contribution in [3.8, 4) is 5.88 Å². The van der Waals surface area contributed by atoms with Crippen molar-refractivity contribution in [2.75, 3.05) is 24.5 Å². The Morgan fingerprint density at radius 2 is 1.71 bits per heavy atom. The minimum atomic E-state index is -0.248. The summed E-state index contributed by atoms with van der Waals surface area (Å²) in [7, 11) is 0. The van der Waals surface area contributed by atoms with Crippen molar-refractivity contribution >= 4 is 11.4 Å². The Labute approximate surface area is 181 Å². The Morgan fingerprint density at radius 3 is 2.48 bits per heavy atom. The average Bonchev–Trinajstić information content (AvgIpc) is 3.32. The number of rotatable bonds is 6.